The number of ether oxygens (including phenoxy) is 2. The van der Waals surface area contributed by atoms with Crippen LogP contribution in [0.2, 0.25) is 0 Å². The summed E-state index contributed by atoms with van der Waals surface area (Å²) in [5, 5.41) is 0. The van der Waals surface area contributed by atoms with Gasteiger partial charge in [0.2, 0.25) is 0 Å². The Hall–Kier alpha value is -2.17. The van der Waals surface area contributed by atoms with Crippen molar-refractivity contribution < 1.29 is 23.9 Å². The molecule has 0 saturated carbocycles. The van der Waals surface area contributed by atoms with Gasteiger partial charge >= 0.3 is 11.9 Å². The lowest BCUT2D eigenvalue weighted by molar-refractivity contribution is -0.163. The maximum Gasteiger partial charge on any atom is 0.320 e. The molecule has 0 unspecified atom stereocenters. The van der Waals surface area contributed by atoms with Crippen LogP contribution in [0.1, 0.15) is 31.1 Å². The van der Waals surface area contributed by atoms with Crippen molar-refractivity contribution in [3.8, 4) is 0 Å². The first-order chi connectivity index (χ1) is 10.8. The zero-order valence-corrected chi connectivity index (χ0v) is 14.2. The van der Waals surface area contributed by atoms with Crippen molar-refractivity contribution in [2.75, 3.05) is 14.2 Å². The lowest BCUT2D eigenvalue weighted by Crippen LogP contribution is -2.41. The SMILES string of the molecule is COC(=O)C(C(=O)OC)[C@@H](C(C)C)[C@@H](C)C(=O)c1ccccc1. The molecule has 0 amide bonds. The standard InChI is InChI=1S/C18H24O5/c1-11(2)14(15(17(20)22-4)18(21)23-5)12(3)16(19)13-9-7-6-8-10-13/h6-12,14-15H,1-5H3/t12-,14+/m1/s1. The average molecular weight is 320 g/mol. The highest BCUT2D eigenvalue weighted by Gasteiger charge is 2.43. The van der Waals surface area contributed by atoms with Gasteiger partial charge < -0.3 is 9.47 Å². The van der Waals surface area contributed by atoms with Crippen molar-refractivity contribution in [3.63, 3.8) is 0 Å². The van der Waals surface area contributed by atoms with Gasteiger partial charge in [-0.05, 0) is 11.8 Å². The summed E-state index contributed by atoms with van der Waals surface area (Å²) in [6.07, 6.45) is 0. The van der Waals surface area contributed by atoms with Crippen molar-refractivity contribution in [2.24, 2.45) is 23.7 Å². The number of rotatable bonds is 7. The first-order valence-electron chi connectivity index (χ1n) is 7.60. The highest BCUT2D eigenvalue weighted by molar-refractivity contribution is 6.00. The van der Waals surface area contributed by atoms with Crippen LogP contribution in [0.3, 0.4) is 0 Å². The van der Waals surface area contributed by atoms with E-state index in [0.29, 0.717) is 5.56 Å². The van der Waals surface area contributed by atoms with Crippen molar-refractivity contribution in [2.45, 2.75) is 20.8 Å². The first kappa shape index (κ1) is 18.9. The Labute approximate surface area is 137 Å². The Kier molecular flexibility index (Phi) is 6.94. The van der Waals surface area contributed by atoms with Gasteiger partial charge in [0, 0.05) is 11.5 Å². The molecule has 0 radical (unpaired) electrons. The Morgan fingerprint density at radius 1 is 0.870 bits per heavy atom. The summed E-state index contributed by atoms with van der Waals surface area (Å²) in [6.45, 7) is 5.48. The van der Waals surface area contributed by atoms with Gasteiger partial charge in [-0.1, -0.05) is 51.1 Å². The monoisotopic (exact) mass is 320 g/mol. The number of hydrogen-bond acceptors (Lipinski definition) is 5. The van der Waals surface area contributed by atoms with E-state index in [1.54, 1.807) is 31.2 Å². The molecule has 1 aromatic carbocycles. The van der Waals surface area contributed by atoms with Gasteiger partial charge in [-0.25, -0.2) is 0 Å². The second kappa shape index (κ2) is 8.46. The van der Waals surface area contributed by atoms with Crippen LogP contribution < -0.4 is 0 Å². The molecular weight excluding hydrogens is 296 g/mol. The summed E-state index contributed by atoms with van der Waals surface area (Å²) in [5.41, 5.74) is 0.555. The Balaban J connectivity index is 3.19. The highest BCUT2D eigenvalue weighted by atomic mass is 16.5. The zero-order chi connectivity index (χ0) is 17.6. The molecule has 0 fully saturated rings. The van der Waals surface area contributed by atoms with E-state index in [-0.39, 0.29) is 11.7 Å². The van der Waals surface area contributed by atoms with Crippen molar-refractivity contribution in [1.29, 1.82) is 0 Å². The number of ketones is 1. The van der Waals surface area contributed by atoms with E-state index in [1.807, 2.05) is 19.9 Å². The molecule has 2 atom stereocenters. The Bertz CT molecular complexity index is 534. The summed E-state index contributed by atoms with van der Waals surface area (Å²) >= 11 is 0. The number of hydrogen-bond donors (Lipinski definition) is 0. The van der Waals surface area contributed by atoms with E-state index < -0.39 is 29.7 Å². The molecule has 5 nitrogen and oxygen atoms in total. The molecule has 23 heavy (non-hydrogen) atoms. The highest BCUT2D eigenvalue weighted by Crippen LogP contribution is 2.33. The molecule has 0 N–H and O–H groups in total. The third-order valence-corrected chi connectivity index (χ3v) is 4.11. The maximum atomic E-state index is 12.7. The van der Waals surface area contributed by atoms with Crippen LogP contribution in [0.25, 0.3) is 0 Å². The second-order valence-electron chi connectivity index (χ2n) is 5.86. The second-order valence-corrected chi connectivity index (χ2v) is 5.86. The van der Waals surface area contributed by atoms with Crippen LogP contribution in [0, 0.1) is 23.7 Å². The minimum atomic E-state index is -1.12. The predicted octanol–water partition coefficient (Wildman–Crippen LogP) is 2.74. The van der Waals surface area contributed by atoms with Crippen molar-refractivity contribution in [1.82, 2.24) is 0 Å². The summed E-state index contributed by atoms with van der Waals surface area (Å²) in [5.74, 6) is -3.70. The molecule has 0 saturated heterocycles. The van der Waals surface area contributed by atoms with Gasteiger partial charge in [0.15, 0.2) is 11.7 Å². The summed E-state index contributed by atoms with van der Waals surface area (Å²) in [7, 11) is 2.44. The number of Topliss-reactive ketones (excluding diaryl/α,β-unsaturated/α-hetero) is 1. The van der Waals surface area contributed by atoms with Gasteiger partial charge in [-0.2, -0.15) is 0 Å². The fourth-order valence-electron chi connectivity index (χ4n) is 2.96. The van der Waals surface area contributed by atoms with Crippen LogP contribution in [-0.4, -0.2) is 31.9 Å². The molecule has 0 aliphatic rings. The smallest absolute Gasteiger partial charge is 0.320 e. The first-order valence-corrected chi connectivity index (χ1v) is 7.60. The summed E-state index contributed by atoms with van der Waals surface area (Å²) in [4.78, 5) is 36.9. The van der Waals surface area contributed by atoms with Crippen molar-refractivity contribution in [3.05, 3.63) is 35.9 Å². The topological polar surface area (TPSA) is 69.7 Å². The van der Waals surface area contributed by atoms with Crippen LogP contribution in [0.5, 0.6) is 0 Å². The lowest BCUT2D eigenvalue weighted by atomic mass is 9.72. The van der Waals surface area contributed by atoms with E-state index >= 15 is 0 Å². The Morgan fingerprint density at radius 2 is 1.35 bits per heavy atom. The molecular formula is C18H24O5. The number of carbonyl (C=O) groups is 3. The number of carbonyl (C=O) groups excluding carboxylic acids is 3. The van der Waals surface area contributed by atoms with E-state index in [4.69, 9.17) is 9.47 Å². The van der Waals surface area contributed by atoms with E-state index in [9.17, 15) is 14.4 Å². The molecule has 1 rings (SSSR count). The maximum absolute atomic E-state index is 12.7. The van der Waals surface area contributed by atoms with E-state index in [2.05, 4.69) is 0 Å². The minimum absolute atomic E-state index is 0.0825. The molecule has 126 valence electrons. The predicted molar refractivity (Wildman–Crippen MR) is 85.8 cm³/mol. The molecule has 5 heteroatoms. The fraction of sp³-hybridized carbons (Fsp3) is 0.500. The van der Waals surface area contributed by atoms with Crippen LogP contribution in [-0.2, 0) is 19.1 Å². The molecule has 0 heterocycles. The van der Waals surface area contributed by atoms with E-state index in [1.165, 1.54) is 14.2 Å². The molecule has 0 aromatic heterocycles. The molecule has 0 spiro atoms. The van der Waals surface area contributed by atoms with Crippen LogP contribution >= 0.6 is 0 Å². The summed E-state index contributed by atoms with van der Waals surface area (Å²) in [6, 6.07) is 8.83. The normalized spacial score (nSPS) is 13.5. The molecule has 1 aromatic rings. The van der Waals surface area contributed by atoms with Gasteiger partial charge in [0.1, 0.15) is 0 Å². The van der Waals surface area contributed by atoms with E-state index in [0.717, 1.165) is 0 Å². The number of esters is 2. The van der Waals surface area contributed by atoms with Crippen molar-refractivity contribution >= 4 is 17.7 Å². The molecule has 0 aliphatic carbocycles. The average Bonchev–Trinajstić information content (AvgIpc) is 2.57. The number of benzene rings is 1. The van der Waals surface area contributed by atoms with Crippen LogP contribution in [0.15, 0.2) is 30.3 Å². The third kappa shape index (κ3) is 4.41. The fourth-order valence-corrected chi connectivity index (χ4v) is 2.96. The number of methoxy groups -OCH3 is 2. The largest absolute Gasteiger partial charge is 0.468 e. The zero-order valence-electron chi connectivity index (χ0n) is 14.2. The molecule has 0 bridgehead atoms. The van der Waals surface area contributed by atoms with Gasteiger partial charge in [-0.15, -0.1) is 0 Å². The summed E-state index contributed by atoms with van der Waals surface area (Å²) < 4.78 is 9.50. The lowest BCUT2D eigenvalue weighted by Gasteiger charge is -2.31. The third-order valence-electron chi connectivity index (χ3n) is 4.11. The molecule has 0 aliphatic heterocycles. The van der Waals surface area contributed by atoms with Gasteiger partial charge in [0.05, 0.1) is 14.2 Å². The minimum Gasteiger partial charge on any atom is -0.468 e. The quantitative estimate of drug-likeness (QED) is 0.439. The van der Waals surface area contributed by atoms with Gasteiger partial charge in [-0.3, -0.25) is 14.4 Å². The Morgan fingerprint density at radius 3 is 1.74 bits per heavy atom. The van der Waals surface area contributed by atoms with Crippen LogP contribution in [0.4, 0.5) is 0 Å². The van der Waals surface area contributed by atoms with Gasteiger partial charge in [0.25, 0.3) is 0 Å².